The van der Waals surface area contributed by atoms with Crippen LogP contribution in [0.4, 0.5) is 0 Å². The van der Waals surface area contributed by atoms with E-state index in [0.29, 0.717) is 11.5 Å². The summed E-state index contributed by atoms with van der Waals surface area (Å²) in [5.74, 6) is 1.47. The van der Waals surface area contributed by atoms with Crippen molar-refractivity contribution in [1.29, 1.82) is 0 Å². The van der Waals surface area contributed by atoms with Crippen LogP contribution in [0.25, 0.3) is 11.3 Å². The molecule has 2 rings (SSSR count). The minimum atomic E-state index is -0.0745. The molecule has 1 aromatic heterocycles. The Morgan fingerprint density at radius 2 is 1.94 bits per heavy atom. The Morgan fingerprint density at radius 1 is 1.28 bits per heavy atom. The van der Waals surface area contributed by atoms with Gasteiger partial charge < -0.3 is 14.4 Å². The molecular formula is C14H17NO3. The van der Waals surface area contributed by atoms with Crippen LogP contribution in [0.15, 0.2) is 28.8 Å². The normalized spacial score (nSPS) is 10.9. The first-order valence-electron chi connectivity index (χ1n) is 5.95. The Kier molecular flexibility index (Phi) is 3.67. The van der Waals surface area contributed by atoms with Crippen molar-refractivity contribution in [2.24, 2.45) is 0 Å². The lowest BCUT2D eigenvalue weighted by atomic mass is 10.1. The van der Waals surface area contributed by atoms with Crippen LogP contribution < -0.4 is 4.74 Å². The maximum Gasteiger partial charge on any atom is 0.139 e. The van der Waals surface area contributed by atoms with Gasteiger partial charge in [-0.15, -0.1) is 0 Å². The zero-order valence-electron chi connectivity index (χ0n) is 10.8. The summed E-state index contributed by atoms with van der Waals surface area (Å²) in [7, 11) is 0. The lowest BCUT2D eigenvalue weighted by Crippen LogP contribution is -2.05. The highest BCUT2D eigenvalue weighted by Crippen LogP contribution is 2.27. The number of aliphatic hydroxyl groups is 1. The van der Waals surface area contributed by atoms with Crippen LogP contribution >= 0.6 is 0 Å². The molecular weight excluding hydrogens is 230 g/mol. The van der Waals surface area contributed by atoms with E-state index in [4.69, 9.17) is 9.26 Å². The Hall–Kier alpha value is -1.81. The third kappa shape index (κ3) is 2.54. The second-order valence-electron chi connectivity index (χ2n) is 4.42. The fourth-order valence-corrected chi connectivity index (χ4v) is 1.77. The van der Waals surface area contributed by atoms with Crippen LogP contribution in [0.3, 0.4) is 0 Å². The first kappa shape index (κ1) is 12.6. The fourth-order valence-electron chi connectivity index (χ4n) is 1.77. The smallest absolute Gasteiger partial charge is 0.139 e. The molecule has 0 radical (unpaired) electrons. The van der Waals surface area contributed by atoms with Crippen LogP contribution in [0.1, 0.15) is 25.2 Å². The molecule has 1 heterocycles. The molecule has 0 saturated heterocycles. The summed E-state index contributed by atoms with van der Waals surface area (Å²) < 4.78 is 10.7. The van der Waals surface area contributed by atoms with Crippen molar-refractivity contribution in [2.75, 3.05) is 0 Å². The van der Waals surface area contributed by atoms with Gasteiger partial charge in [-0.05, 0) is 45.0 Å². The first-order chi connectivity index (χ1) is 8.61. The summed E-state index contributed by atoms with van der Waals surface area (Å²) in [6.07, 6.45) is 0.151. The molecule has 1 aromatic carbocycles. The highest BCUT2D eigenvalue weighted by Gasteiger charge is 2.13. The predicted octanol–water partition coefficient (Wildman–Crippen LogP) is 2.93. The van der Waals surface area contributed by atoms with Gasteiger partial charge in [0.05, 0.1) is 12.7 Å². The van der Waals surface area contributed by atoms with E-state index in [1.54, 1.807) is 6.92 Å². The largest absolute Gasteiger partial charge is 0.491 e. The van der Waals surface area contributed by atoms with E-state index in [2.05, 4.69) is 5.16 Å². The van der Waals surface area contributed by atoms with Gasteiger partial charge >= 0.3 is 0 Å². The molecule has 18 heavy (non-hydrogen) atoms. The quantitative estimate of drug-likeness (QED) is 0.902. The molecule has 0 unspecified atom stereocenters. The molecule has 96 valence electrons. The minimum absolute atomic E-state index is 0.0745. The van der Waals surface area contributed by atoms with Gasteiger partial charge in [-0.3, -0.25) is 0 Å². The Bertz CT molecular complexity index is 514. The molecule has 0 fully saturated rings. The van der Waals surface area contributed by atoms with E-state index >= 15 is 0 Å². The van der Waals surface area contributed by atoms with Crippen molar-refractivity contribution in [1.82, 2.24) is 5.16 Å². The van der Waals surface area contributed by atoms with Gasteiger partial charge in [-0.1, -0.05) is 5.16 Å². The molecule has 4 heteroatoms. The molecule has 0 amide bonds. The number of nitrogens with zero attached hydrogens (tertiary/aromatic N) is 1. The van der Waals surface area contributed by atoms with Crippen molar-refractivity contribution < 1.29 is 14.4 Å². The second kappa shape index (κ2) is 5.23. The number of aliphatic hydroxyl groups excluding tert-OH is 1. The SMILES string of the molecule is Cc1onc(-c2ccc(OC(C)C)cc2)c1CO. The number of benzene rings is 1. The van der Waals surface area contributed by atoms with Gasteiger partial charge in [0.25, 0.3) is 0 Å². The molecule has 4 nitrogen and oxygen atoms in total. The lowest BCUT2D eigenvalue weighted by molar-refractivity contribution is 0.242. The number of hydrogen-bond acceptors (Lipinski definition) is 4. The molecule has 0 aliphatic heterocycles. The van der Waals surface area contributed by atoms with Gasteiger partial charge in [-0.2, -0.15) is 0 Å². The van der Waals surface area contributed by atoms with Crippen LogP contribution in [-0.4, -0.2) is 16.4 Å². The van der Waals surface area contributed by atoms with Crippen LogP contribution in [-0.2, 0) is 6.61 Å². The average Bonchev–Trinajstić information content (AvgIpc) is 2.70. The van der Waals surface area contributed by atoms with Gasteiger partial charge in [-0.25, -0.2) is 0 Å². The van der Waals surface area contributed by atoms with Crippen molar-refractivity contribution in [3.63, 3.8) is 0 Å². The van der Waals surface area contributed by atoms with Crippen LogP contribution in [0.2, 0.25) is 0 Å². The summed E-state index contributed by atoms with van der Waals surface area (Å²) in [5.41, 5.74) is 2.32. The Morgan fingerprint density at radius 3 is 2.50 bits per heavy atom. The van der Waals surface area contributed by atoms with Crippen molar-refractivity contribution in [2.45, 2.75) is 33.5 Å². The third-order valence-electron chi connectivity index (χ3n) is 2.64. The van der Waals surface area contributed by atoms with E-state index in [-0.39, 0.29) is 12.7 Å². The topological polar surface area (TPSA) is 55.5 Å². The highest BCUT2D eigenvalue weighted by molar-refractivity contribution is 5.63. The minimum Gasteiger partial charge on any atom is -0.491 e. The summed E-state index contributed by atoms with van der Waals surface area (Å²) >= 11 is 0. The van der Waals surface area contributed by atoms with Crippen molar-refractivity contribution in [3.05, 3.63) is 35.6 Å². The predicted molar refractivity (Wildman–Crippen MR) is 68.4 cm³/mol. The van der Waals surface area contributed by atoms with E-state index in [1.165, 1.54) is 0 Å². The summed E-state index contributed by atoms with van der Waals surface area (Å²) in [5, 5.41) is 13.3. The Balaban J connectivity index is 2.28. The van der Waals surface area contributed by atoms with Gasteiger partial charge in [0.15, 0.2) is 0 Å². The molecule has 1 N–H and O–H groups in total. The number of ether oxygens (including phenoxy) is 1. The summed E-state index contributed by atoms with van der Waals surface area (Å²) in [4.78, 5) is 0. The molecule has 0 aliphatic rings. The maximum atomic E-state index is 9.30. The number of hydrogen-bond donors (Lipinski definition) is 1. The molecule has 0 aliphatic carbocycles. The molecule has 0 bridgehead atoms. The number of rotatable bonds is 4. The summed E-state index contributed by atoms with van der Waals surface area (Å²) in [6, 6.07) is 7.60. The van der Waals surface area contributed by atoms with Gasteiger partial charge in [0.1, 0.15) is 17.2 Å². The zero-order chi connectivity index (χ0) is 13.1. The van der Waals surface area contributed by atoms with Gasteiger partial charge in [0, 0.05) is 11.1 Å². The van der Waals surface area contributed by atoms with E-state index < -0.39 is 0 Å². The fraction of sp³-hybridized carbons (Fsp3) is 0.357. The van der Waals surface area contributed by atoms with E-state index in [9.17, 15) is 5.11 Å². The maximum absolute atomic E-state index is 9.30. The number of aryl methyl sites for hydroxylation is 1. The Labute approximate surface area is 106 Å². The second-order valence-corrected chi connectivity index (χ2v) is 4.42. The number of aromatic nitrogens is 1. The molecule has 0 saturated carbocycles. The lowest BCUT2D eigenvalue weighted by Gasteiger charge is -2.09. The van der Waals surface area contributed by atoms with Crippen molar-refractivity contribution >= 4 is 0 Å². The zero-order valence-corrected chi connectivity index (χ0v) is 10.8. The third-order valence-corrected chi connectivity index (χ3v) is 2.64. The average molecular weight is 247 g/mol. The van der Waals surface area contributed by atoms with Crippen LogP contribution in [0.5, 0.6) is 5.75 Å². The van der Waals surface area contributed by atoms with Crippen LogP contribution in [0, 0.1) is 6.92 Å². The monoisotopic (exact) mass is 247 g/mol. The standard InChI is InChI=1S/C14H17NO3/c1-9(2)17-12-6-4-11(5-7-12)14-13(8-16)10(3)18-15-14/h4-7,9,16H,8H2,1-3H3. The van der Waals surface area contributed by atoms with Gasteiger partial charge in [0.2, 0.25) is 0 Å². The molecule has 0 atom stereocenters. The van der Waals surface area contributed by atoms with E-state index in [1.807, 2.05) is 38.1 Å². The molecule has 0 spiro atoms. The molecule has 2 aromatic rings. The summed E-state index contributed by atoms with van der Waals surface area (Å²) in [6.45, 7) is 5.69. The van der Waals surface area contributed by atoms with Crippen molar-refractivity contribution in [3.8, 4) is 17.0 Å². The van der Waals surface area contributed by atoms with E-state index in [0.717, 1.165) is 16.9 Å². The first-order valence-corrected chi connectivity index (χ1v) is 5.95. The highest BCUT2D eigenvalue weighted by atomic mass is 16.5.